The third-order valence-corrected chi connectivity index (χ3v) is 9.90. The summed E-state index contributed by atoms with van der Waals surface area (Å²) in [6.07, 6.45) is 0. The molecule has 3 aromatic heterocycles. The van der Waals surface area contributed by atoms with Crippen LogP contribution in [0.3, 0.4) is 0 Å². The van der Waals surface area contributed by atoms with Gasteiger partial charge in [-0.2, -0.15) is 0 Å². The Bertz CT molecular complexity index is 3520. The highest BCUT2D eigenvalue weighted by Gasteiger charge is 2.21. The summed E-state index contributed by atoms with van der Waals surface area (Å²) < 4.78 is 110. The van der Waals surface area contributed by atoms with E-state index in [4.69, 9.17) is 28.7 Å². The van der Waals surface area contributed by atoms with Crippen molar-refractivity contribution in [1.29, 1.82) is 0 Å². The molecule has 0 saturated heterocycles. The fourth-order valence-corrected chi connectivity index (χ4v) is 7.63. The summed E-state index contributed by atoms with van der Waals surface area (Å²) in [5.74, 6) is 0.190. The molecule has 0 aliphatic carbocycles. The maximum atomic E-state index is 9.50. The van der Waals surface area contributed by atoms with Crippen molar-refractivity contribution in [1.82, 2.24) is 19.5 Å². The minimum Gasteiger partial charge on any atom is -0.309 e. The Morgan fingerprint density at radius 2 is 1.12 bits per heavy atom. The summed E-state index contributed by atoms with van der Waals surface area (Å²) >= 11 is 1.55. The molecular weight excluding hydrogens is 629 g/mol. The molecule has 234 valence electrons. The van der Waals surface area contributed by atoms with Gasteiger partial charge in [-0.15, -0.1) is 11.3 Å². The average molecular weight is 669 g/mol. The molecule has 50 heavy (non-hydrogen) atoms. The molecule has 0 bridgehead atoms. The van der Waals surface area contributed by atoms with Crippen LogP contribution in [0.5, 0.6) is 0 Å². The summed E-state index contributed by atoms with van der Waals surface area (Å²) in [6.45, 7) is 0. The third kappa shape index (κ3) is 4.63. The van der Waals surface area contributed by atoms with E-state index in [0.717, 1.165) is 35.9 Å². The molecule has 0 aliphatic heterocycles. The quantitative estimate of drug-likeness (QED) is 0.183. The summed E-state index contributed by atoms with van der Waals surface area (Å²) in [5.41, 5.74) is 1.89. The zero-order valence-electron chi connectivity index (χ0n) is 37.9. The van der Waals surface area contributed by atoms with E-state index in [-0.39, 0.29) is 44.8 Å². The third-order valence-electron chi connectivity index (χ3n) is 8.68. The molecule has 0 atom stereocenters. The van der Waals surface area contributed by atoms with Gasteiger partial charge >= 0.3 is 0 Å². The minimum atomic E-state index is -0.715. The van der Waals surface area contributed by atoms with Crippen LogP contribution in [-0.2, 0) is 0 Å². The number of thiophene rings is 1. The van der Waals surface area contributed by atoms with E-state index in [2.05, 4.69) is 0 Å². The van der Waals surface area contributed by atoms with Crippen molar-refractivity contribution in [3.8, 4) is 51.0 Å². The summed E-state index contributed by atoms with van der Waals surface area (Å²) in [6, 6.07) is 23.3. The van der Waals surface area contributed by atoms with Crippen molar-refractivity contribution in [2.24, 2.45) is 0 Å². The summed E-state index contributed by atoms with van der Waals surface area (Å²) in [7, 11) is 0. The Labute approximate surface area is 309 Å². The van der Waals surface area contributed by atoms with Crippen LogP contribution >= 0.6 is 11.3 Å². The first-order chi connectivity index (χ1) is 29.8. The molecule has 3 heterocycles. The lowest BCUT2D eigenvalue weighted by molar-refractivity contribution is 1.07. The fourth-order valence-electron chi connectivity index (χ4n) is 6.41. The van der Waals surface area contributed by atoms with E-state index in [1.165, 1.54) is 0 Å². The molecule has 0 spiro atoms. The van der Waals surface area contributed by atoms with E-state index >= 15 is 0 Å². The predicted molar refractivity (Wildman–Crippen MR) is 209 cm³/mol. The maximum absolute atomic E-state index is 9.50. The van der Waals surface area contributed by atoms with Gasteiger partial charge in [-0.25, -0.2) is 15.0 Å². The second-order valence-electron chi connectivity index (χ2n) is 11.5. The van der Waals surface area contributed by atoms with Gasteiger partial charge in [0, 0.05) is 53.3 Å². The molecular formula is C45H28N4S. The van der Waals surface area contributed by atoms with Gasteiger partial charge < -0.3 is 4.57 Å². The van der Waals surface area contributed by atoms with E-state index in [1.807, 2.05) is 97.1 Å². The first-order valence-corrected chi connectivity index (χ1v) is 16.5. The molecule has 10 rings (SSSR count). The largest absolute Gasteiger partial charge is 0.309 e. The van der Waals surface area contributed by atoms with E-state index < -0.39 is 78.2 Å². The first-order valence-electron chi connectivity index (χ1n) is 21.7. The van der Waals surface area contributed by atoms with Gasteiger partial charge in [0.15, 0.2) is 17.5 Å². The molecule has 0 fully saturated rings. The lowest BCUT2D eigenvalue weighted by atomic mass is 10.0. The second kappa shape index (κ2) is 11.6. The van der Waals surface area contributed by atoms with Crippen LogP contribution in [0.1, 0.15) is 16.4 Å². The van der Waals surface area contributed by atoms with Crippen LogP contribution in [0.25, 0.3) is 93.0 Å². The van der Waals surface area contributed by atoms with E-state index in [1.54, 1.807) is 11.3 Å². The molecule has 10 aromatic rings. The Morgan fingerprint density at radius 1 is 0.460 bits per heavy atom. The lowest BCUT2D eigenvalue weighted by Crippen LogP contribution is -2.02. The molecule has 0 unspecified atom stereocenters. The SMILES string of the molecule is [2H]c1c([2H])c([2H])c(-n2c3c([2H])c([2H])c([2H])c([2H])c3c3c([2H])c([2H])c([2H])c(-c4nc(-c5ccc(-c6ccccc6)cc5)nc(-c5cccc6c5sc5ccccc56)n4)c32)c([2H])c1[2H]. The zero-order chi connectivity index (χ0) is 43.5. The average Bonchev–Trinajstić information content (AvgIpc) is 3.85. The van der Waals surface area contributed by atoms with Gasteiger partial charge in [0.2, 0.25) is 0 Å². The Balaban J connectivity index is 1.38. The number of aromatic nitrogens is 4. The standard InChI is InChI=1S/C45H28N4S/c1-3-13-29(14-4-1)30-25-27-31(28-26-30)43-46-44(48-45(47-43)38-22-12-20-36-34-18-8-10-24-40(34)50-42(36)38)37-21-11-19-35-33-17-7-9-23-39(33)49(41(35)37)32-15-5-2-6-16-32/h1-28H/i2D,5D,6D,7D,9D,11D,15D,16D,17D,19D,21D,23D. The van der Waals surface area contributed by atoms with Crippen LogP contribution in [0, 0.1) is 0 Å². The molecule has 0 radical (unpaired) electrons. The number of hydrogen-bond donors (Lipinski definition) is 0. The summed E-state index contributed by atoms with van der Waals surface area (Å²) in [4.78, 5) is 14.9. The van der Waals surface area contributed by atoms with Gasteiger partial charge in [-0.1, -0.05) is 133 Å². The smallest absolute Gasteiger partial charge is 0.166 e. The minimum absolute atomic E-state index is 0.173. The van der Waals surface area contributed by atoms with Crippen molar-refractivity contribution in [2.75, 3.05) is 0 Å². The van der Waals surface area contributed by atoms with Gasteiger partial charge in [-0.05, 0) is 47.4 Å². The fraction of sp³-hybridized carbons (Fsp3) is 0. The lowest BCUT2D eigenvalue weighted by Gasteiger charge is -2.13. The van der Waals surface area contributed by atoms with Crippen molar-refractivity contribution in [2.45, 2.75) is 0 Å². The number of benzene rings is 7. The number of fused-ring (bicyclic) bond motifs is 6. The Morgan fingerprint density at radius 3 is 1.98 bits per heavy atom. The van der Waals surface area contributed by atoms with Crippen LogP contribution in [0.15, 0.2) is 170 Å². The number of hydrogen-bond acceptors (Lipinski definition) is 4. The first kappa shape index (κ1) is 18.9. The highest BCUT2D eigenvalue weighted by atomic mass is 32.1. The molecule has 0 N–H and O–H groups in total. The van der Waals surface area contributed by atoms with Crippen molar-refractivity contribution in [3.63, 3.8) is 0 Å². The summed E-state index contributed by atoms with van der Waals surface area (Å²) in [5, 5.41) is 1.54. The van der Waals surface area contributed by atoms with Gasteiger partial charge in [-0.3, -0.25) is 0 Å². The van der Waals surface area contributed by atoms with E-state index in [9.17, 15) is 2.74 Å². The van der Waals surface area contributed by atoms with Crippen LogP contribution < -0.4 is 0 Å². The maximum Gasteiger partial charge on any atom is 0.166 e. The molecule has 7 aromatic carbocycles. The predicted octanol–water partition coefficient (Wildman–Crippen LogP) is 12.0. The Hall–Kier alpha value is -6.43. The van der Waals surface area contributed by atoms with Gasteiger partial charge in [0.25, 0.3) is 0 Å². The van der Waals surface area contributed by atoms with Crippen LogP contribution in [0.4, 0.5) is 0 Å². The number of rotatable bonds is 5. The zero-order valence-corrected chi connectivity index (χ0v) is 26.8. The second-order valence-corrected chi connectivity index (χ2v) is 12.6. The van der Waals surface area contributed by atoms with Crippen LogP contribution in [-0.4, -0.2) is 19.5 Å². The van der Waals surface area contributed by atoms with Crippen molar-refractivity contribution < 1.29 is 16.4 Å². The van der Waals surface area contributed by atoms with Crippen LogP contribution in [0.2, 0.25) is 0 Å². The molecule has 0 aliphatic rings. The number of para-hydroxylation sites is 3. The van der Waals surface area contributed by atoms with E-state index in [0.29, 0.717) is 11.1 Å². The Kier molecular flexibility index (Phi) is 4.40. The topological polar surface area (TPSA) is 43.6 Å². The number of nitrogens with zero attached hydrogens (tertiary/aromatic N) is 4. The highest BCUT2D eigenvalue weighted by Crippen LogP contribution is 2.41. The molecule has 0 amide bonds. The monoisotopic (exact) mass is 668 g/mol. The highest BCUT2D eigenvalue weighted by molar-refractivity contribution is 7.26. The molecule has 4 nitrogen and oxygen atoms in total. The van der Waals surface area contributed by atoms with Gasteiger partial charge in [0.1, 0.15) is 0 Å². The van der Waals surface area contributed by atoms with Crippen molar-refractivity contribution in [3.05, 3.63) is 170 Å². The molecule has 5 heteroatoms. The van der Waals surface area contributed by atoms with Gasteiger partial charge in [0.05, 0.1) is 27.5 Å². The van der Waals surface area contributed by atoms with Crippen molar-refractivity contribution >= 4 is 53.3 Å². The normalized spacial score (nSPS) is 15.0. The molecule has 0 saturated carbocycles.